The van der Waals surface area contributed by atoms with Crippen LogP contribution in [0.1, 0.15) is 18.7 Å². The van der Waals surface area contributed by atoms with Crippen molar-refractivity contribution < 1.29 is 0 Å². The van der Waals surface area contributed by atoms with Gasteiger partial charge in [0.15, 0.2) is 11.6 Å². The minimum atomic E-state index is -1.74. The van der Waals surface area contributed by atoms with Crippen LogP contribution in [-0.2, 0) is 3.79 Å². The molecule has 1 aromatic carbocycles. The number of aromatic nitrogens is 3. The summed E-state index contributed by atoms with van der Waals surface area (Å²) in [6, 6.07) is 7.22. The maximum Gasteiger partial charge on any atom is 0.250 e. The standard InChI is InChI=1S/C17H19Cl4N5/c1-26-7-5-11(6-8-26)10-22-16-24-14(12-3-2-4-13(18)9-12)23-15(25-16)17(19,20)21/h2-4,9,11H,5-8,10H2,1H3,(H,22,23,24,25). The smallest absolute Gasteiger partial charge is 0.250 e. The molecule has 9 heteroatoms. The molecule has 0 spiro atoms. The Kier molecular flexibility index (Phi) is 6.46. The van der Waals surface area contributed by atoms with Crippen molar-refractivity contribution in [3.8, 4) is 11.4 Å². The maximum atomic E-state index is 6.07. The fourth-order valence-electron chi connectivity index (χ4n) is 2.84. The number of nitrogens with one attached hydrogen (secondary N) is 1. The number of likely N-dealkylation sites (tertiary alicyclic amines) is 1. The summed E-state index contributed by atoms with van der Waals surface area (Å²) in [4.78, 5) is 15.4. The third-order valence-corrected chi connectivity index (χ3v) is 5.10. The van der Waals surface area contributed by atoms with Crippen LogP contribution in [0.25, 0.3) is 11.4 Å². The second kappa shape index (κ2) is 8.44. The molecule has 1 aliphatic heterocycles. The Hall–Kier alpha value is -0.850. The lowest BCUT2D eigenvalue weighted by Gasteiger charge is -2.29. The van der Waals surface area contributed by atoms with E-state index in [0.717, 1.165) is 38.0 Å². The number of halogens is 4. The zero-order valence-corrected chi connectivity index (χ0v) is 17.2. The number of alkyl halides is 3. The van der Waals surface area contributed by atoms with Crippen molar-refractivity contribution in [3.63, 3.8) is 0 Å². The van der Waals surface area contributed by atoms with Gasteiger partial charge in [-0.15, -0.1) is 0 Å². The van der Waals surface area contributed by atoms with Crippen molar-refractivity contribution in [1.29, 1.82) is 0 Å². The average Bonchev–Trinajstić information content (AvgIpc) is 2.60. The SMILES string of the molecule is CN1CCC(CNc2nc(-c3cccc(Cl)c3)nc(C(Cl)(Cl)Cl)n2)CC1. The van der Waals surface area contributed by atoms with Gasteiger partial charge < -0.3 is 10.2 Å². The second-order valence-electron chi connectivity index (χ2n) is 6.44. The summed E-state index contributed by atoms with van der Waals surface area (Å²) in [5, 5.41) is 3.86. The van der Waals surface area contributed by atoms with Crippen LogP contribution in [0.3, 0.4) is 0 Å². The monoisotopic (exact) mass is 433 g/mol. The summed E-state index contributed by atoms with van der Waals surface area (Å²) < 4.78 is -1.74. The summed E-state index contributed by atoms with van der Waals surface area (Å²) in [6.45, 7) is 2.96. The normalized spacial score (nSPS) is 16.7. The van der Waals surface area contributed by atoms with Gasteiger partial charge in [0.1, 0.15) is 0 Å². The van der Waals surface area contributed by atoms with Crippen molar-refractivity contribution >= 4 is 52.4 Å². The van der Waals surface area contributed by atoms with Crippen molar-refractivity contribution in [2.75, 3.05) is 32.0 Å². The van der Waals surface area contributed by atoms with Crippen molar-refractivity contribution in [2.24, 2.45) is 5.92 Å². The highest BCUT2D eigenvalue weighted by Crippen LogP contribution is 2.37. The van der Waals surface area contributed by atoms with Gasteiger partial charge in [-0.05, 0) is 51.0 Å². The van der Waals surface area contributed by atoms with E-state index >= 15 is 0 Å². The number of anilines is 1. The molecule has 1 aromatic heterocycles. The lowest BCUT2D eigenvalue weighted by molar-refractivity contribution is 0.226. The third-order valence-electron chi connectivity index (χ3n) is 4.36. The minimum absolute atomic E-state index is 0.0818. The molecule has 3 rings (SSSR count). The fraction of sp³-hybridized carbons (Fsp3) is 0.471. The number of hydrogen-bond acceptors (Lipinski definition) is 5. The molecule has 1 fully saturated rings. The first-order chi connectivity index (χ1) is 12.3. The predicted molar refractivity (Wildman–Crippen MR) is 108 cm³/mol. The lowest BCUT2D eigenvalue weighted by atomic mass is 9.97. The second-order valence-corrected chi connectivity index (χ2v) is 9.16. The summed E-state index contributed by atoms with van der Waals surface area (Å²) in [6.07, 6.45) is 2.26. The molecule has 0 radical (unpaired) electrons. The number of rotatable bonds is 4. The van der Waals surface area contributed by atoms with Crippen LogP contribution in [0.15, 0.2) is 24.3 Å². The third kappa shape index (κ3) is 5.33. The first-order valence-corrected chi connectivity index (χ1v) is 9.84. The first-order valence-electron chi connectivity index (χ1n) is 8.33. The van der Waals surface area contributed by atoms with E-state index in [9.17, 15) is 0 Å². The molecule has 1 aliphatic rings. The topological polar surface area (TPSA) is 53.9 Å². The highest BCUT2D eigenvalue weighted by molar-refractivity contribution is 6.66. The van der Waals surface area contributed by atoms with Crippen LogP contribution in [0.4, 0.5) is 5.95 Å². The molecule has 0 unspecified atom stereocenters. The molecule has 140 valence electrons. The molecular weight excluding hydrogens is 416 g/mol. The maximum absolute atomic E-state index is 6.07. The summed E-state index contributed by atoms with van der Waals surface area (Å²) in [5.74, 6) is 1.46. The van der Waals surface area contributed by atoms with Gasteiger partial charge in [0.2, 0.25) is 9.74 Å². The van der Waals surface area contributed by atoms with Crippen molar-refractivity contribution in [3.05, 3.63) is 35.1 Å². The predicted octanol–water partition coefficient (Wildman–Crippen LogP) is 4.77. The molecule has 1 N–H and O–H groups in total. The number of nitrogens with zero attached hydrogens (tertiary/aromatic N) is 4. The highest BCUT2D eigenvalue weighted by Gasteiger charge is 2.29. The van der Waals surface area contributed by atoms with Gasteiger partial charge in [-0.3, -0.25) is 0 Å². The van der Waals surface area contributed by atoms with E-state index in [2.05, 4.69) is 32.2 Å². The van der Waals surface area contributed by atoms with Gasteiger partial charge in [0.25, 0.3) is 0 Å². The fourth-order valence-corrected chi connectivity index (χ4v) is 3.28. The Morgan fingerprint density at radius 1 is 1.15 bits per heavy atom. The Labute approximate surface area is 173 Å². The lowest BCUT2D eigenvalue weighted by Crippen LogP contribution is -2.33. The molecule has 1 saturated heterocycles. The zero-order valence-electron chi connectivity index (χ0n) is 14.2. The molecular formula is C17H19Cl4N5. The number of piperidine rings is 1. The van der Waals surface area contributed by atoms with Gasteiger partial charge in [-0.25, -0.2) is 4.98 Å². The van der Waals surface area contributed by atoms with E-state index in [0.29, 0.717) is 22.7 Å². The van der Waals surface area contributed by atoms with Crippen LogP contribution in [0.5, 0.6) is 0 Å². The molecule has 0 bridgehead atoms. The van der Waals surface area contributed by atoms with Gasteiger partial charge in [0.05, 0.1) is 0 Å². The van der Waals surface area contributed by atoms with E-state index in [1.54, 1.807) is 12.1 Å². The molecule has 0 aliphatic carbocycles. The minimum Gasteiger partial charge on any atom is -0.354 e. The van der Waals surface area contributed by atoms with Crippen LogP contribution in [-0.4, -0.2) is 46.5 Å². The molecule has 0 atom stereocenters. The number of benzene rings is 1. The van der Waals surface area contributed by atoms with E-state index < -0.39 is 3.79 Å². The summed E-state index contributed by atoms with van der Waals surface area (Å²) in [7, 11) is 2.14. The van der Waals surface area contributed by atoms with Gasteiger partial charge in [-0.2, -0.15) is 9.97 Å². The Bertz CT molecular complexity index is 757. The molecule has 0 amide bonds. The highest BCUT2D eigenvalue weighted by atomic mass is 35.6. The van der Waals surface area contributed by atoms with E-state index in [1.807, 2.05) is 12.1 Å². The molecule has 2 heterocycles. The van der Waals surface area contributed by atoms with Crippen LogP contribution >= 0.6 is 46.4 Å². The van der Waals surface area contributed by atoms with Crippen LogP contribution < -0.4 is 5.32 Å². The quantitative estimate of drug-likeness (QED) is 0.702. The first kappa shape index (κ1) is 19.9. The van der Waals surface area contributed by atoms with E-state index in [4.69, 9.17) is 46.4 Å². The van der Waals surface area contributed by atoms with Gasteiger partial charge in [0, 0.05) is 17.1 Å². The summed E-state index contributed by atoms with van der Waals surface area (Å²) in [5.41, 5.74) is 0.734. The Balaban J connectivity index is 1.83. The zero-order chi connectivity index (χ0) is 18.7. The molecule has 5 nitrogen and oxygen atoms in total. The average molecular weight is 435 g/mol. The summed E-state index contributed by atoms with van der Waals surface area (Å²) >= 11 is 24.1. The van der Waals surface area contributed by atoms with Crippen molar-refractivity contribution in [1.82, 2.24) is 19.9 Å². The Morgan fingerprint density at radius 2 is 1.88 bits per heavy atom. The molecule has 0 saturated carbocycles. The number of hydrogen-bond donors (Lipinski definition) is 1. The Morgan fingerprint density at radius 3 is 2.54 bits per heavy atom. The van der Waals surface area contributed by atoms with Gasteiger partial charge >= 0.3 is 0 Å². The van der Waals surface area contributed by atoms with Crippen molar-refractivity contribution in [2.45, 2.75) is 16.6 Å². The largest absolute Gasteiger partial charge is 0.354 e. The van der Waals surface area contributed by atoms with Gasteiger partial charge in [-0.1, -0.05) is 58.5 Å². The van der Waals surface area contributed by atoms with Crippen LogP contribution in [0, 0.1) is 5.92 Å². The molecule has 26 heavy (non-hydrogen) atoms. The van der Waals surface area contributed by atoms with Crippen LogP contribution in [0.2, 0.25) is 5.02 Å². The molecule has 2 aromatic rings. The van der Waals surface area contributed by atoms with E-state index in [1.165, 1.54) is 0 Å². The van der Waals surface area contributed by atoms with E-state index in [-0.39, 0.29) is 5.82 Å².